The first-order valence-corrected chi connectivity index (χ1v) is 9.13. The summed E-state index contributed by atoms with van der Waals surface area (Å²) < 4.78 is 5.71. The van der Waals surface area contributed by atoms with Crippen LogP contribution in [0.2, 0.25) is 0 Å². The zero-order valence-electron chi connectivity index (χ0n) is 16.2. The topological polar surface area (TPSA) is 93.4 Å². The summed E-state index contributed by atoms with van der Waals surface area (Å²) in [6, 6.07) is 4.07. The van der Waals surface area contributed by atoms with Crippen molar-refractivity contribution in [2.45, 2.75) is 57.7 Å². The third-order valence-electron chi connectivity index (χ3n) is 5.96. The summed E-state index contributed by atoms with van der Waals surface area (Å²) in [5, 5.41) is 11.2. The molecule has 1 aliphatic carbocycles. The van der Waals surface area contributed by atoms with Crippen LogP contribution in [0.4, 0.5) is 5.82 Å². The maximum atomic E-state index is 12.8. The van der Waals surface area contributed by atoms with E-state index in [2.05, 4.69) is 20.4 Å². The van der Waals surface area contributed by atoms with Crippen molar-refractivity contribution in [2.24, 2.45) is 11.1 Å². The normalized spacial score (nSPS) is 28.5. The van der Waals surface area contributed by atoms with E-state index in [-0.39, 0.29) is 48.3 Å². The molecule has 1 saturated heterocycles. The number of carbonyl (C=O) groups is 1. The van der Waals surface area contributed by atoms with Gasteiger partial charge in [0.05, 0.1) is 6.10 Å². The molecule has 3 unspecified atom stereocenters. The summed E-state index contributed by atoms with van der Waals surface area (Å²) in [7, 11) is 0. The lowest BCUT2D eigenvalue weighted by molar-refractivity contribution is -0.170. The van der Waals surface area contributed by atoms with Crippen molar-refractivity contribution in [1.82, 2.24) is 15.5 Å². The lowest BCUT2D eigenvalue weighted by Crippen LogP contribution is -2.76. The third-order valence-corrected chi connectivity index (χ3v) is 5.96. The number of anilines is 1. The van der Waals surface area contributed by atoms with Crippen LogP contribution in [-0.2, 0) is 9.53 Å². The Hall–Kier alpha value is -1.15. The largest absolute Gasteiger partial charge is 0.378 e. The molecule has 0 bridgehead atoms. The Labute approximate surface area is 173 Å². The molecule has 1 aromatic heterocycles. The number of aromatic nitrogens is 2. The molecule has 1 aliphatic heterocycles. The number of carbonyl (C=O) groups excluding carboxylic acids is 1. The number of rotatable bonds is 6. The van der Waals surface area contributed by atoms with Gasteiger partial charge in [-0.2, -0.15) is 5.10 Å². The van der Waals surface area contributed by atoms with Gasteiger partial charge in [0, 0.05) is 43.8 Å². The Kier molecular flexibility index (Phi) is 8.29. The molecule has 2 heterocycles. The summed E-state index contributed by atoms with van der Waals surface area (Å²) in [5.41, 5.74) is 5.21. The molecule has 7 nitrogen and oxygen atoms in total. The molecule has 3 rings (SSSR count). The van der Waals surface area contributed by atoms with Gasteiger partial charge in [0.1, 0.15) is 5.54 Å². The highest BCUT2D eigenvalue weighted by Crippen LogP contribution is 2.49. The van der Waals surface area contributed by atoms with Crippen molar-refractivity contribution in [1.29, 1.82) is 0 Å². The monoisotopic (exact) mass is 419 g/mol. The molecule has 3 atom stereocenters. The summed E-state index contributed by atoms with van der Waals surface area (Å²) in [6.07, 6.45) is 4.39. The van der Waals surface area contributed by atoms with Crippen molar-refractivity contribution in [3.8, 4) is 0 Å². The minimum absolute atomic E-state index is 0. The van der Waals surface area contributed by atoms with Gasteiger partial charge < -0.3 is 20.7 Å². The van der Waals surface area contributed by atoms with E-state index in [1.54, 1.807) is 6.20 Å². The Morgan fingerprint density at radius 1 is 1.44 bits per heavy atom. The van der Waals surface area contributed by atoms with Crippen molar-refractivity contribution in [3.63, 3.8) is 0 Å². The molecule has 27 heavy (non-hydrogen) atoms. The molecule has 2 fully saturated rings. The van der Waals surface area contributed by atoms with Gasteiger partial charge in [0.15, 0.2) is 5.82 Å². The minimum atomic E-state index is -0.872. The van der Waals surface area contributed by atoms with E-state index in [4.69, 9.17) is 10.5 Å². The molecule has 154 valence electrons. The number of hydrogen-bond acceptors (Lipinski definition) is 6. The quantitative estimate of drug-likeness (QED) is 0.731. The van der Waals surface area contributed by atoms with Crippen LogP contribution >= 0.6 is 24.8 Å². The summed E-state index contributed by atoms with van der Waals surface area (Å²) >= 11 is 0. The number of amides is 1. The minimum Gasteiger partial charge on any atom is -0.378 e. The lowest BCUT2D eigenvalue weighted by atomic mass is 9.54. The fraction of sp³-hybridized carbons (Fsp3) is 0.722. The van der Waals surface area contributed by atoms with Crippen LogP contribution in [0.15, 0.2) is 18.3 Å². The zero-order chi connectivity index (χ0) is 18.1. The number of hydrogen-bond donors (Lipinski definition) is 2. The third kappa shape index (κ3) is 4.31. The van der Waals surface area contributed by atoms with Gasteiger partial charge >= 0.3 is 0 Å². The highest BCUT2D eigenvalue weighted by Gasteiger charge is 2.62. The van der Waals surface area contributed by atoms with Gasteiger partial charge in [-0.1, -0.05) is 13.8 Å². The molecule has 1 aromatic rings. The van der Waals surface area contributed by atoms with E-state index in [0.29, 0.717) is 19.6 Å². The summed E-state index contributed by atoms with van der Waals surface area (Å²) in [6.45, 7) is 8.14. The van der Waals surface area contributed by atoms with Gasteiger partial charge in [-0.15, -0.1) is 29.9 Å². The number of nitrogens with one attached hydrogen (secondary N) is 1. The van der Waals surface area contributed by atoms with Gasteiger partial charge in [0.2, 0.25) is 5.91 Å². The average molecular weight is 420 g/mol. The second kappa shape index (κ2) is 9.37. The van der Waals surface area contributed by atoms with Crippen molar-refractivity contribution in [2.75, 3.05) is 24.6 Å². The van der Waals surface area contributed by atoms with E-state index in [1.165, 1.54) is 0 Å². The predicted molar refractivity (Wildman–Crippen MR) is 111 cm³/mol. The highest BCUT2D eigenvalue weighted by atomic mass is 35.5. The van der Waals surface area contributed by atoms with Gasteiger partial charge in [-0.05, 0) is 31.9 Å². The zero-order valence-corrected chi connectivity index (χ0v) is 17.8. The molecule has 1 amide bonds. The Morgan fingerprint density at radius 3 is 2.78 bits per heavy atom. The second-order valence-electron chi connectivity index (χ2n) is 7.62. The van der Waals surface area contributed by atoms with Crippen LogP contribution in [0.5, 0.6) is 0 Å². The Morgan fingerprint density at radius 2 is 2.19 bits per heavy atom. The van der Waals surface area contributed by atoms with Crippen molar-refractivity contribution in [3.05, 3.63) is 18.3 Å². The van der Waals surface area contributed by atoms with Crippen LogP contribution in [0.1, 0.15) is 40.0 Å². The second-order valence-corrected chi connectivity index (χ2v) is 7.62. The fourth-order valence-electron chi connectivity index (χ4n) is 3.98. The van der Waals surface area contributed by atoms with E-state index in [0.717, 1.165) is 25.2 Å². The molecular weight excluding hydrogens is 389 g/mol. The van der Waals surface area contributed by atoms with Gasteiger partial charge in [0.25, 0.3) is 0 Å². The number of halogens is 2. The SMILES string of the molecule is CCOC1CC(N)(C(=O)NCC2CCCN2c2cccnn2)C1(C)C.Cl.Cl. The first-order valence-electron chi connectivity index (χ1n) is 9.13. The number of ether oxygens (including phenoxy) is 1. The molecular formula is C18H31Cl2N5O2. The predicted octanol–water partition coefficient (Wildman–Crippen LogP) is 1.94. The van der Waals surface area contributed by atoms with Crippen LogP contribution in [-0.4, -0.2) is 53.5 Å². The van der Waals surface area contributed by atoms with Gasteiger partial charge in [-0.3, -0.25) is 4.79 Å². The van der Waals surface area contributed by atoms with E-state index < -0.39 is 5.54 Å². The van der Waals surface area contributed by atoms with Crippen LogP contribution in [0.25, 0.3) is 0 Å². The molecule has 0 aromatic carbocycles. The van der Waals surface area contributed by atoms with Crippen LogP contribution in [0, 0.1) is 5.41 Å². The number of nitrogens with two attached hydrogens (primary N) is 1. The first-order chi connectivity index (χ1) is 11.9. The highest BCUT2D eigenvalue weighted by molar-refractivity contribution is 5.88. The molecule has 1 saturated carbocycles. The van der Waals surface area contributed by atoms with Gasteiger partial charge in [-0.25, -0.2) is 0 Å². The van der Waals surface area contributed by atoms with Crippen LogP contribution < -0.4 is 16.0 Å². The van der Waals surface area contributed by atoms with Crippen molar-refractivity contribution < 1.29 is 9.53 Å². The maximum Gasteiger partial charge on any atom is 0.240 e. The number of nitrogens with zero attached hydrogens (tertiary/aromatic N) is 3. The first kappa shape index (κ1) is 23.9. The Balaban J connectivity index is 0.00000182. The average Bonchev–Trinajstić information content (AvgIpc) is 3.08. The fourth-order valence-corrected chi connectivity index (χ4v) is 3.98. The molecule has 9 heteroatoms. The van der Waals surface area contributed by atoms with Crippen molar-refractivity contribution >= 4 is 36.5 Å². The standard InChI is InChI=1S/C18H29N5O2.2ClH/c1-4-25-14-11-18(19,17(14,2)3)16(24)20-12-13-7-6-10-23(13)15-8-5-9-21-22-15;;/h5,8-9,13-14H,4,6-7,10-12,19H2,1-3H3,(H,20,24);2*1H. The van der Waals surface area contributed by atoms with Crippen LogP contribution in [0.3, 0.4) is 0 Å². The summed E-state index contributed by atoms with van der Waals surface area (Å²) in [4.78, 5) is 15.0. The Bertz CT molecular complexity index is 619. The summed E-state index contributed by atoms with van der Waals surface area (Å²) in [5.74, 6) is 0.779. The smallest absolute Gasteiger partial charge is 0.240 e. The van der Waals surface area contributed by atoms with E-state index in [9.17, 15) is 4.79 Å². The molecule has 3 N–H and O–H groups in total. The van der Waals surface area contributed by atoms with E-state index in [1.807, 2.05) is 32.9 Å². The lowest BCUT2D eigenvalue weighted by Gasteiger charge is -2.57. The molecule has 2 aliphatic rings. The van der Waals surface area contributed by atoms with E-state index >= 15 is 0 Å². The molecule has 0 radical (unpaired) electrons. The maximum absolute atomic E-state index is 12.8. The molecule has 0 spiro atoms.